The lowest BCUT2D eigenvalue weighted by Gasteiger charge is -2.34. The van der Waals surface area contributed by atoms with Crippen LogP contribution in [0.15, 0.2) is 54.9 Å². The predicted octanol–water partition coefficient (Wildman–Crippen LogP) is 2.25. The molecule has 3 aromatic rings. The molecule has 0 bridgehead atoms. The zero-order valence-electron chi connectivity index (χ0n) is 19.6. The molecule has 0 radical (unpaired) electrons. The van der Waals surface area contributed by atoms with Gasteiger partial charge in [-0.25, -0.2) is 9.78 Å². The van der Waals surface area contributed by atoms with E-state index in [2.05, 4.69) is 25.7 Å². The normalized spacial score (nSPS) is 13.3. The number of amides is 2. The summed E-state index contributed by atoms with van der Waals surface area (Å²) in [5.74, 6) is 0.136. The Bertz CT molecular complexity index is 1180. The Morgan fingerprint density at radius 3 is 2.31 bits per heavy atom. The van der Waals surface area contributed by atoms with E-state index in [1.807, 2.05) is 11.0 Å². The van der Waals surface area contributed by atoms with Crippen molar-refractivity contribution in [3.8, 4) is 0 Å². The van der Waals surface area contributed by atoms with E-state index in [9.17, 15) is 14.4 Å². The number of rotatable bonds is 7. The first-order valence-electron chi connectivity index (χ1n) is 11.3. The monoisotopic (exact) mass is 477 g/mol. The molecular formula is C24H27N7O4. The summed E-state index contributed by atoms with van der Waals surface area (Å²) in [6.45, 7) is 6.42. The van der Waals surface area contributed by atoms with Gasteiger partial charge < -0.3 is 19.9 Å². The van der Waals surface area contributed by atoms with E-state index in [1.54, 1.807) is 62.6 Å². The van der Waals surface area contributed by atoms with Gasteiger partial charge in [-0.1, -0.05) is 0 Å². The number of hydrogen-bond donors (Lipinski definition) is 2. The van der Waals surface area contributed by atoms with Gasteiger partial charge in [0, 0.05) is 39.3 Å². The second kappa shape index (κ2) is 10.7. The van der Waals surface area contributed by atoms with Crippen LogP contribution in [0.4, 0.5) is 17.2 Å². The molecule has 2 amide bonds. The first-order chi connectivity index (χ1) is 16.9. The molecule has 182 valence electrons. The summed E-state index contributed by atoms with van der Waals surface area (Å²) in [5.41, 5.74) is 4.95. The first kappa shape index (κ1) is 23.7. The zero-order valence-corrected chi connectivity index (χ0v) is 19.6. The van der Waals surface area contributed by atoms with Crippen LogP contribution in [0.3, 0.4) is 0 Å². The van der Waals surface area contributed by atoms with Gasteiger partial charge in [0.05, 0.1) is 29.7 Å². The predicted molar refractivity (Wildman–Crippen MR) is 130 cm³/mol. The van der Waals surface area contributed by atoms with Gasteiger partial charge in [-0.05, 0) is 49.4 Å². The van der Waals surface area contributed by atoms with Crippen molar-refractivity contribution >= 4 is 35.0 Å². The number of nitrogens with one attached hydrogen (secondary N) is 2. The molecule has 1 saturated heterocycles. The van der Waals surface area contributed by atoms with Crippen molar-refractivity contribution in [2.75, 3.05) is 48.4 Å². The summed E-state index contributed by atoms with van der Waals surface area (Å²) in [5, 5.41) is 7.03. The number of anilines is 3. The van der Waals surface area contributed by atoms with E-state index in [-0.39, 0.29) is 23.5 Å². The molecule has 35 heavy (non-hydrogen) atoms. The Kier molecular flexibility index (Phi) is 7.24. The maximum atomic E-state index is 12.6. The van der Waals surface area contributed by atoms with Gasteiger partial charge in [0.1, 0.15) is 5.82 Å². The Morgan fingerprint density at radius 1 is 0.971 bits per heavy atom. The van der Waals surface area contributed by atoms with Crippen LogP contribution < -0.4 is 15.6 Å². The average Bonchev–Trinajstić information content (AvgIpc) is 3.34. The lowest BCUT2D eigenvalue weighted by Crippen LogP contribution is -2.48. The topological polar surface area (TPSA) is 122 Å². The van der Waals surface area contributed by atoms with Gasteiger partial charge in [0.25, 0.3) is 5.91 Å². The maximum Gasteiger partial charge on any atom is 0.338 e. The molecule has 11 heteroatoms. The number of carbonyl (C=O) groups is 3. The van der Waals surface area contributed by atoms with Crippen LogP contribution in [0.1, 0.15) is 34.7 Å². The van der Waals surface area contributed by atoms with Crippen LogP contribution in [0.5, 0.6) is 0 Å². The van der Waals surface area contributed by atoms with Crippen molar-refractivity contribution in [2.24, 2.45) is 0 Å². The van der Waals surface area contributed by atoms with Crippen molar-refractivity contribution in [1.82, 2.24) is 19.8 Å². The molecule has 11 nitrogen and oxygen atoms in total. The number of hydrogen-bond acceptors (Lipinski definition) is 8. The molecule has 3 heterocycles. The third-order valence-electron chi connectivity index (χ3n) is 5.52. The maximum absolute atomic E-state index is 12.6. The zero-order chi connectivity index (χ0) is 24.8. The van der Waals surface area contributed by atoms with Gasteiger partial charge in [0.2, 0.25) is 5.91 Å². The Morgan fingerprint density at radius 2 is 1.69 bits per heavy atom. The minimum Gasteiger partial charge on any atom is -0.462 e. The quantitative estimate of drug-likeness (QED) is 0.497. The van der Waals surface area contributed by atoms with E-state index in [4.69, 9.17) is 4.74 Å². The highest BCUT2D eigenvalue weighted by atomic mass is 16.5. The molecule has 1 aliphatic heterocycles. The fourth-order valence-corrected chi connectivity index (χ4v) is 3.63. The van der Waals surface area contributed by atoms with Crippen LogP contribution in [0.25, 0.3) is 0 Å². The van der Waals surface area contributed by atoms with Crippen molar-refractivity contribution < 1.29 is 19.1 Å². The van der Waals surface area contributed by atoms with Crippen molar-refractivity contribution in [2.45, 2.75) is 13.8 Å². The second-order valence-corrected chi connectivity index (χ2v) is 7.91. The van der Waals surface area contributed by atoms with Crippen LogP contribution in [0, 0.1) is 0 Å². The first-order valence-corrected chi connectivity index (χ1v) is 11.3. The highest BCUT2D eigenvalue weighted by Crippen LogP contribution is 2.17. The van der Waals surface area contributed by atoms with Gasteiger partial charge in [-0.2, -0.15) is 4.79 Å². The fraction of sp³-hybridized carbons (Fsp3) is 0.292. The molecule has 0 spiro atoms. The van der Waals surface area contributed by atoms with Crippen LogP contribution >= 0.6 is 0 Å². The molecule has 2 aromatic heterocycles. The molecule has 2 N–H and O–H groups in total. The van der Waals surface area contributed by atoms with Gasteiger partial charge in [-0.3, -0.25) is 15.0 Å². The third kappa shape index (κ3) is 5.94. The van der Waals surface area contributed by atoms with Crippen LogP contribution in [-0.4, -0.2) is 70.3 Å². The van der Waals surface area contributed by atoms with Crippen LogP contribution in [-0.2, 0) is 9.53 Å². The number of esters is 1. The second-order valence-electron chi connectivity index (χ2n) is 7.91. The number of ether oxygens (including phenoxy) is 1. The Labute approximate surface area is 202 Å². The minimum absolute atomic E-state index is 0.0835. The van der Waals surface area contributed by atoms with Gasteiger partial charge in [-0.15, -0.1) is 5.10 Å². The van der Waals surface area contributed by atoms with Crippen molar-refractivity contribution in [3.63, 3.8) is 0 Å². The molecular weight excluding hydrogens is 450 g/mol. The Hall–Kier alpha value is -4.41. The lowest BCUT2D eigenvalue weighted by molar-refractivity contribution is -0.129. The van der Waals surface area contributed by atoms with E-state index in [0.717, 1.165) is 5.82 Å². The summed E-state index contributed by atoms with van der Waals surface area (Å²) in [4.78, 5) is 45.6. The molecule has 1 aromatic carbocycles. The fourth-order valence-electron chi connectivity index (χ4n) is 3.63. The third-order valence-corrected chi connectivity index (χ3v) is 5.52. The van der Waals surface area contributed by atoms with Gasteiger partial charge >= 0.3 is 5.97 Å². The molecule has 1 aliphatic rings. The van der Waals surface area contributed by atoms with E-state index >= 15 is 0 Å². The molecule has 0 unspecified atom stereocenters. The number of benzene rings is 1. The van der Waals surface area contributed by atoms with Crippen molar-refractivity contribution in [3.05, 3.63) is 66.1 Å². The molecule has 4 rings (SSSR count). The number of piperazine rings is 1. The summed E-state index contributed by atoms with van der Waals surface area (Å²) in [6.07, 6.45) is 3.22. The average molecular weight is 478 g/mol. The lowest BCUT2D eigenvalue weighted by atomic mass is 10.2. The summed E-state index contributed by atoms with van der Waals surface area (Å²) >= 11 is 0. The standard InChI is InChI=1S/C24H27N7O4/c1-3-35-24(34)18-4-6-19(7-5-18)27-31-11-10-21(28-31)23(33)26-20-8-9-22(25-16-20)30-14-12-29(13-15-30)17(2)32/h4-11,16,27H,3,12-15H2,1-2H3,(H,26,33). The van der Waals surface area contributed by atoms with Gasteiger partial charge in [0.15, 0.2) is 5.69 Å². The SMILES string of the molecule is CCOC(=O)c1ccc(Nn2ccc(C(=O)Nc3ccc(N4CCN(C(C)=O)CC4)nc3)n2)cc1. The minimum atomic E-state index is -0.379. The molecule has 1 fully saturated rings. The summed E-state index contributed by atoms with van der Waals surface area (Å²) < 4.78 is 4.97. The largest absolute Gasteiger partial charge is 0.462 e. The highest BCUT2D eigenvalue weighted by molar-refractivity contribution is 6.02. The highest BCUT2D eigenvalue weighted by Gasteiger charge is 2.19. The van der Waals surface area contributed by atoms with Crippen molar-refractivity contribution in [1.29, 1.82) is 0 Å². The summed E-state index contributed by atoms with van der Waals surface area (Å²) in [6, 6.07) is 12.0. The molecule has 0 aliphatic carbocycles. The number of carbonyl (C=O) groups excluding carboxylic acids is 3. The summed E-state index contributed by atoms with van der Waals surface area (Å²) in [7, 11) is 0. The number of pyridine rings is 1. The Balaban J connectivity index is 1.31. The van der Waals surface area contributed by atoms with E-state index < -0.39 is 0 Å². The molecule has 0 saturated carbocycles. The van der Waals surface area contributed by atoms with Crippen LogP contribution in [0.2, 0.25) is 0 Å². The van der Waals surface area contributed by atoms with E-state index in [1.165, 1.54) is 4.79 Å². The molecule has 0 atom stereocenters. The van der Waals surface area contributed by atoms with E-state index in [0.29, 0.717) is 49.7 Å². The number of nitrogens with zero attached hydrogens (tertiary/aromatic N) is 5. The number of aromatic nitrogens is 3. The smallest absolute Gasteiger partial charge is 0.338 e.